The predicted octanol–water partition coefficient (Wildman–Crippen LogP) is 2.77. The highest BCUT2D eigenvalue weighted by atomic mass is 16.7. The van der Waals surface area contributed by atoms with E-state index in [1.54, 1.807) is 24.3 Å². The summed E-state index contributed by atoms with van der Waals surface area (Å²) in [5.74, 6) is -2.19. The SMILES string of the molecule is CC(=NOCCCCC1COC(C)(C(=O)O)OC1)c1ccc(O)cc1. The van der Waals surface area contributed by atoms with Crippen molar-refractivity contribution >= 4 is 11.7 Å². The van der Waals surface area contributed by atoms with Crippen molar-refractivity contribution < 1.29 is 29.3 Å². The average molecular weight is 351 g/mol. The van der Waals surface area contributed by atoms with E-state index in [0.717, 1.165) is 30.5 Å². The summed E-state index contributed by atoms with van der Waals surface area (Å²) in [4.78, 5) is 16.3. The number of carbonyl (C=O) groups is 1. The molecule has 0 spiro atoms. The van der Waals surface area contributed by atoms with Crippen molar-refractivity contribution in [2.24, 2.45) is 11.1 Å². The summed E-state index contributed by atoms with van der Waals surface area (Å²) in [5.41, 5.74) is 1.65. The summed E-state index contributed by atoms with van der Waals surface area (Å²) < 4.78 is 10.6. The molecule has 1 aliphatic heterocycles. The van der Waals surface area contributed by atoms with Gasteiger partial charge in [0, 0.05) is 12.8 Å². The van der Waals surface area contributed by atoms with Crippen molar-refractivity contribution in [3.63, 3.8) is 0 Å². The number of aliphatic carboxylic acids is 1. The van der Waals surface area contributed by atoms with E-state index in [-0.39, 0.29) is 11.7 Å². The molecule has 1 fully saturated rings. The largest absolute Gasteiger partial charge is 0.508 e. The molecular formula is C18H25NO6. The molecule has 1 saturated heterocycles. The zero-order valence-electron chi connectivity index (χ0n) is 14.6. The molecule has 0 atom stereocenters. The zero-order valence-corrected chi connectivity index (χ0v) is 14.6. The molecule has 0 saturated carbocycles. The Morgan fingerprint density at radius 3 is 2.52 bits per heavy atom. The second-order valence-corrected chi connectivity index (χ2v) is 6.29. The molecule has 2 N–H and O–H groups in total. The molecule has 0 aliphatic carbocycles. The van der Waals surface area contributed by atoms with Crippen LogP contribution in [0.4, 0.5) is 0 Å². The maximum atomic E-state index is 11.0. The Balaban J connectivity index is 1.60. The maximum Gasteiger partial charge on any atom is 0.364 e. The smallest absolute Gasteiger partial charge is 0.364 e. The number of carboxylic acid groups (broad SMARTS) is 1. The van der Waals surface area contributed by atoms with E-state index in [9.17, 15) is 9.90 Å². The Hall–Kier alpha value is -2.12. The molecule has 7 nitrogen and oxygen atoms in total. The van der Waals surface area contributed by atoms with Crippen molar-refractivity contribution in [3.8, 4) is 5.75 Å². The molecule has 138 valence electrons. The summed E-state index contributed by atoms with van der Waals surface area (Å²) in [6, 6.07) is 6.78. The molecule has 0 aromatic heterocycles. The summed E-state index contributed by atoms with van der Waals surface area (Å²) in [5, 5.41) is 22.3. The third-order valence-electron chi connectivity index (χ3n) is 4.16. The van der Waals surface area contributed by atoms with Gasteiger partial charge in [0.25, 0.3) is 5.79 Å². The molecule has 1 heterocycles. The minimum Gasteiger partial charge on any atom is -0.508 e. The average Bonchev–Trinajstić information content (AvgIpc) is 2.60. The van der Waals surface area contributed by atoms with Crippen LogP contribution in [-0.2, 0) is 19.1 Å². The topological polar surface area (TPSA) is 97.6 Å². The van der Waals surface area contributed by atoms with Gasteiger partial charge in [-0.15, -0.1) is 0 Å². The number of hydrogen-bond acceptors (Lipinski definition) is 6. The van der Waals surface area contributed by atoms with E-state index in [1.165, 1.54) is 6.92 Å². The molecule has 25 heavy (non-hydrogen) atoms. The van der Waals surface area contributed by atoms with E-state index >= 15 is 0 Å². The monoisotopic (exact) mass is 351 g/mol. The number of hydrogen-bond donors (Lipinski definition) is 2. The van der Waals surface area contributed by atoms with Crippen molar-refractivity contribution in [3.05, 3.63) is 29.8 Å². The highest BCUT2D eigenvalue weighted by molar-refractivity contribution is 5.98. The number of ether oxygens (including phenoxy) is 2. The van der Waals surface area contributed by atoms with Gasteiger partial charge in [-0.1, -0.05) is 5.16 Å². The van der Waals surface area contributed by atoms with E-state index < -0.39 is 11.8 Å². The lowest BCUT2D eigenvalue weighted by atomic mass is 10.0. The standard InChI is InChI=1S/C18H25NO6/c1-13(15-6-8-16(20)9-7-15)19-25-10-4-3-5-14-11-23-18(2,17(21)22)24-12-14/h6-9,14,20H,3-5,10-12H2,1-2H3,(H,21,22). The van der Waals surface area contributed by atoms with Gasteiger partial charge in [0.15, 0.2) is 0 Å². The molecule has 2 rings (SSSR count). The van der Waals surface area contributed by atoms with Gasteiger partial charge in [0.1, 0.15) is 12.4 Å². The zero-order chi connectivity index (χ0) is 18.3. The number of rotatable bonds is 8. The normalized spacial score (nSPS) is 24.1. The Kier molecular flexibility index (Phi) is 6.78. The van der Waals surface area contributed by atoms with Gasteiger partial charge >= 0.3 is 5.97 Å². The van der Waals surface area contributed by atoms with Gasteiger partial charge in [0.05, 0.1) is 18.9 Å². The number of unbranched alkanes of at least 4 members (excludes halogenated alkanes) is 1. The van der Waals surface area contributed by atoms with Crippen molar-refractivity contribution in [1.82, 2.24) is 0 Å². The van der Waals surface area contributed by atoms with Gasteiger partial charge in [-0.05, 0) is 56.0 Å². The molecule has 0 bridgehead atoms. The van der Waals surface area contributed by atoms with Crippen molar-refractivity contribution in [1.29, 1.82) is 0 Å². The van der Waals surface area contributed by atoms with E-state index in [1.807, 2.05) is 6.92 Å². The van der Waals surface area contributed by atoms with Crippen LogP contribution in [0.15, 0.2) is 29.4 Å². The maximum absolute atomic E-state index is 11.0. The van der Waals surface area contributed by atoms with Crippen LogP contribution in [-0.4, -0.2) is 47.5 Å². The van der Waals surface area contributed by atoms with Crippen molar-refractivity contribution in [2.45, 2.75) is 38.9 Å². The van der Waals surface area contributed by atoms with E-state index in [0.29, 0.717) is 19.8 Å². The number of oxime groups is 1. The van der Waals surface area contributed by atoms with Crippen LogP contribution in [0.25, 0.3) is 0 Å². The van der Waals surface area contributed by atoms with Gasteiger partial charge in [-0.25, -0.2) is 4.79 Å². The van der Waals surface area contributed by atoms with Crippen LogP contribution in [0.3, 0.4) is 0 Å². The molecular weight excluding hydrogens is 326 g/mol. The minimum atomic E-state index is -1.51. The highest BCUT2D eigenvalue weighted by Crippen LogP contribution is 2.24. The van der Waals surface area contributed by atoms with Crippen LogP contribution < -0.4 is 0 Å². The molecule has 1 aromatic rings. The lowest BCUT2D eigenvalue weighted by Crippen LogP contribution is -2.47. The number of aromatic hydroxyl groups is 1. The van der Waals surface area contributed by atoms with Crippen LogP contribution in [0.2, 0.25) is 0 Å². The quantitative estimate of drug-likeness (QED) is 0.425. The van der Waals surface area contributed by atoms with Crippen molar-refractivity contribution in [2.75, 3.05) is 19.8 Å². The second kappa shape index (κ2) is 8.82. The van der Waals surface area contributed by atoms with Crippen LogP contribution >= 0.6 is 0 Å². The summed E-state index contributed by atoms with van der Waals surface area (Å²) in [7, 11) is 0. The Morgan fingerprint density at radius 2 is 1.92 bits per heavy atom. The molecule has 7 heteroatoms. The molecule has 1 aliphatic rings. The van der Waals surface area contributed by atoms with E-state index in [2.05, 4.69) is 5.16 Å². The third kappa shape index (κ3) is 5.72. The van der Waals surface area contributed by atoms with Crippen LogP contribution in [0.1, 0.15) is 38.7 Å². The minimum absolute atomic E-state index is 0.203. The Morgan fingerprint density at radius 1 is 1.28 bits per heavy atom. The first-order valence-corrected chi connectivity index (χ1v) is 8.38. The summed E-state index contributed by atoms with van der Waals surface area (Å²) in [6.45, 7) is 4.57. The Labute approximate surface area is 147 Å². The summed E-state index contributed by atoms with van der Waals surface area (Å²) in [6.07, 6.45) is 2.66. The fraction of sp³-hybridized carbons (Fsp3) is 0.556. The summed E-state index contributed by atoms with van der Waals surface area (Å²) >= 11 is 0. The number of nitrogens with zero attached hydrogens (tertiary/aromatic N) is 1. The first kappa shape index (κ1) is 19.2. The van der Waals surface area contributed by atoms with Gasteiger partial charge in [-0.3, -0.25) is 0 Å². The number of carboxylic acids is 1. The lowest BCUT2D eigenvalue weighted by Gasteiger charge is -2.34. The number of phenols is 1. The van der Waals surface area contributed by atoms with Crippen LogP contribution in [0, 0.1) is 5.92 Å². The Bertz CT molecular complexity index is 590. The third-order valence-corrected chi connectivity index (χ3v) is 4.16. The molecule has 1 aromatic carbocycles. The van der Waals surface area contributed by atoms with E-state index in [4.69, 9.17) is 19.4 Å². The number of benzene rings is 1. The molecule has 0 radical (unpaired) electrons. The van der Waals surface area contributed by atoms with Gasteiger partial charge in [0.2, 0.25) is 0 Å². The first-order chi connectivity index (χ1) is 11.9. The van der Waals surface area contributed by atoms with Crippen LogP contribution in [0.5, 0.6) is 5.75 Å². The molecule has 0 unspecified atom stereocenters. The first-order valence-electron chi connectivity index (χ1n) is 8.38. The predicted molar refractivity (Wildman–Crippen MR) is 91.6 cm³/mol. The van der Waals surface area contributed by atoms with Gasteiger partial charge in [-0.2, -0.15) is 0 Å². The number of phenolic OH excluding ortho intramolecular Hbond substituents is 1. The highest BCUT2D eigenvalue weighted by Gasteiger charge is 2.40. The fourth-order valence-electron chi connectivity index (χ4n) is 2.43. The second-order valence-electron chi connectivity index (χ2n) is 6.29. The van der Waals surface area contributed by atoms with Gasteiger partial charge < -0.3 is 24.5 Å². The fourth-order valence-corrected chi connectivity index (χ4v) is 2.43. The molecule has 0 amide bonds. The lowest BCUT2D eigenvalue weighted by molar-refractivity contribution is -0.271.